The molecule has 4 nitrogen and oxygen atoms in total. The van der Waals surface area contributed by atoms with Crippen LogP contribution in [0.3, 0.4) is 0 Å². The molecule has 2 N–H and O–H groups in total. The first-order valence-electron chi connectivity index (χ1n) is 7.47. The van der Waals surface area contributed by atoms with Crippen LogP contribution in [0.2, 0.25) is 0 Å². The van der Waals surface area contributed by atoms with Gasteiger partial charge in [0.05, 0.1) is 6.54 Å². The van der Waals surface area contributed by atoms with E-state index in [0.29, 0.717) is 18.6 Å². The van der Waals surface area contributed by atoms with Crippen LogP contribution in [-0.2, 0) is 4.79 Å². The highest BCUT2D eigenvalue weighted by atomic mass is 16.2. The van der Waals surface area contributed by atoms with Crippen molar-refractivity contribution >= 4 is 5.91 Å². The third-order valence-electron chi connectivity index (χ3n) is 4.33. The van der Waals surface area contributed by atoms with Gasteiger partial charge in [0, 0.05) is 25.2 Å². The van der Waals surface area contributed by atoms with E-state index >= 15 is 0 Å². The molecule has 18 heavy (non-hydrogen) atoms. The van der Waals surface area contributed by atoms with Gasteiger partial charge in [-0.15, -0.1) is 0 Å². The van der Waals surface area contributed by atoms with Crippen molar-refractivity contribution in [2.75, 3.05) is 26.7 Å². The summed E-state index contributed by atoms with van der Waals surface area (Å²) in [4.78, 5) is 14.2. The molecule has 0 spiro atoms. The van der Waals surface area contributed by atoms with Crippen molar-refractivity contribution in [1.82, 2.24) is 15.5 Å². The quantitative estimate of drug-likeness (QED) is 0.789. The molecule has 4 heteroatoms. The number of nitrogens with zero attached hydrogens (tertiary/aromatic N) is 1. The van der Waals surface area contributed by atoms with Crippen LogP contribution < -0.4 is 10.6 Å². The van der Waals surface area contributed by atoms with Crippen LogP contribution in [0.1, 0.15) is 44.9 Å². The first-order chi connectivity index (χ1) is 8.78. The number of hydrogen-bond acceptors (Lipinski definition) is 3. The minimum Gasteiger partial charge on any atom is -0.352 e. The predicted octanol–water partition coefficient (Wildman–Crippen LogP) is 1.12. The fourth-order valence-electron chi connectivity index (χ4n) is 3.10. The summed E-state index contributed by atoms with van der Waals surface area (Å²) in [5.74, 6) is 0.227. The van der Waals surface area contributed by atoms with Gasteiger partial charge < -0.3 is 10.6 Å². The molecule has 1 saturated carbocycles. The Morgan fingerprint density at radius 3 is 2.33 bits per heavy atom. The third kappa shape index (κ3) is 4.25. The van der Waals surface area contributed by atoms with Crippen LogP contribution in [0.5, 0.6) is 0 Å². The summed E-state index contributed by atoms with van der Waals surface area (Å²) >= 11 is 0. The Morgan fingerprint density at radius 2 is 1.72 bits per heavy atom. The Morgan fingerprint density at radius 1 is 1.06 bits per heavy atom. The highest BCUT2D eigenvalue weighted by Gasteiger charge is 2.21. The molecule has 0 bridgehead atoms. The highest BCUT2D eigenvalue weighted by Crippen LogP contribution is 2.17. The smallest absolute Gasteiger partial charge is 0.234 e. The molecule has 2 rings (SSSR count). The van der Waals surface area contributed by atoms with Gasteiger partial charge in [-0.05, 0) is 32.7 Å². The van der Waals surface area contributed by atoms with Crippen LogP contribution in [0.15, 0.2) is 0 Å². The molecule has 0 aromatic rings. The summed E-state index contributed by atoms with van der Waals surface area (Å²) in [7, 11) is 2.02. The van der Waals surface area contributed by atoms with E-state index < -0.39 is 0 Å². The first kappa shape index (κ1) is 13.8. The van der Waals surface area contributed by atoms with Gasteiger partial charge in [-0.3, -0.25) is 9.69 Å². The number of likely N-dealkylation sites (tertiary alicyclic amines) is 1. The van der Waals surface area contributed by atoms with Crippen LogP contribution in [0, 0.1) is 0 Å². The Labute approximate surface area is 110 Å². The number of amides is 1. The lowest BCUT2D eigenvalue weighted by Crippen LogP contribution is -2.47. The van der Waals surface area contributed by atoms with E-state index in [1.54, 1.807) is 0 Å². The van der Waals surface area contributed by atoms with E-state index in [1.807, 2.05) is 7.05 Å². The minimum absolute atomic E-state index is 0.227. The van der Waals surface area contributed by atoms with Gasteiger partial charge in [0.2, 0.25) is 5.91 Å². The molecule has 1 heterocycles. The molecule has 1 aliphatic carbocycles. The molecule has 1 amide bonds. The van der Waals surface area contributed by atoms with E-state index in [4.69, 9.17) is 0 Å². The maximum Gasteiger partial charge on any atom is 0.234 e. The van der Waals surface area contributed by atoms with E-state index in [-0.39, 0.29) is 5.91 Å². The van der Waals surface area contributed by atoms with Gasteiger partial charge in [-0.25, -0.2) is 0 Å². The van der Waals surface area contributed by atoms with Crippen molar-refractivity contribution in [3.05, 3.63) is 0 Å². The van der Waals surface area contributed by atoms with E-state index in [9.17, 15) is 4.79 Å². The van der Waals surface area contributed by atoms with Crippen molar-refractivity contribution in [3.63, 3.8) is 0 Å². The van der Waals surface area contributed by atoms with Gasteiger partial charge >= 0.3 is 0 Å². The van der Waals surface area contributed by atoms with E-state index in [2.05, 4.69) is 15.5 Å². The van der Waals surface area contributed by atoms with Gasteiger partial charge in [0.15, 0.2) is 0 Å². The zero-order valence-corrected chi connectivity index (χ0v) is 11.6. The number of carbonyl (C=O) groups is 1. The van der Waals surface area contributed by atoms with E-state index in [0.717, 1.165) is 25.9 Å². The molecule has 0 unspecified atom stereocenters. The van der Waals surface area contributed by atoms with Gasteiger partial charge in [0.25, 0.3) is 0 Å². The van der Waals surface area contributed by atoms with Crippen LogP contribution >= 0.6 is 0 Å². The fourth-order valence-corrected chi connectivity index (χ4v) is 3.10. The van der Waals surface area contributed by atoms with Gasteiger partial charge in [-0.1, -0.05) is 19.3 Å². The summed E-state index contributed by atoms with van der Waals surface area (Å²) in [6, 6.07) is 1.09. The van der Waals surface area contributed by atoms with Crippen molar-refractivity contribution in [3.8, 4) is 0 Å². The second-order valence-corrected chi connectivity index (χ2v) is 5.74. The molecule has 2 fully saturated rings. The lowest BCUT2D eigenvalue weighted by Gasteiger charge is -2.32. The fraction of sp³-hybridized carbons (Fsp3) is 0.929. The SMILES string of the molecule is CNC1CCN(CC(=O)NC2CCCCC2)CC1. The van der Waals surface area contributed by atoms with Crippen LogP contribution in [-0.4, -0.2) is 49.6 Å². The lowest BCUT2D eigenvalue weighted by atomic mass is 9.95. The highest BCUT2D eigenvalue weighted by molar-refractivity contribution is 5.78. The summed E-state index contributed by atoms with van der Waals surface area (Å²) in [5.41, 5.74) is 0. The van der Waals surface area contributed by atoms with Gasteiger partial charge in [0.1, 0.15) is 0 Å². The Hall–Kier alpha value is -0.610. The van der Waals surface area contributed by atoms with Crippen molar-refractivity contribution in [2.24, 2.45) is 0 Å². The van der Waals surface area contributed by atoms with Crippen LogP contribution in [0.25, 0.3) is 0 Å². The molecule has 1 aliphatic heterocycles. The zero-order valence-electron chi connectivity index (χ0n) is 11.6. The summed E-state index contributed by atoms with van der Waals surface area (Å²) < 4.78 is 0. The lowest BCUT2D eigenvalue weighted by molar-refractivity contribution is -0.123. The largest absolute Gasteiger partial charge is 0.352 e. The monoisotopic (exact) mass is 253 g/mol. The number of carbonyl (C=O) groups excluding carboxylic acids is 1. The van der Waals surface area contributed by atoms with Gasteiger partial charge in [-0.2, -0.15) is 0 Å². The standard InChI is InChI=1S/C14H27N3O/c1-15-12-7-9-17(10-8-12)11-14(18)16-13-5-3-2-4-6-13/h12-13,15H,2-11H2,1H3,(H,16,18). The summed E-state index contributed by atoms with van der Waals surface area (Å²) in [6.45, 7) is 2.68. The second-order valence-electron chi connectivity index (χ2n) is 5.74. The molecule has 104 valence electrons. The topological polar surface area (TPSA) is 44.4 Å². The molecule has 2 aliphatic rings. The molecule has 0 radical (unpaired) electrons. The predicted molar refractivity (Wildman–Crippen MR) is 73.5 cm³/mol. The zero-order chi connectivity index (χ0) is 12.8. The van der Waals surface area contributed by atoms with Crippen molar-refractivity contribution in [2.45, 2.75) is 57.0 Å². The average Bonchev–Trinajstić information content (AvgIpc) is 2.40. The molecule has 1 saturated heterocycles. The third-order valence-corrected chi connectivity index (χ3v) is 4.33. The molecule has 0 aromatic carbocycles. The maximum atomic E-state index is 12.0. The van der Waals surface area contributed by atoms with Crippen molar-refractivity contribution < 1.29 is 4.79 Å². The molecular weight excluding hydrogens is 226 g/mol. The Bertz CT molecular complexity index is 256. The maximum absolute atomic E-state index is 12.0. The average molecular weight is 253 g/mol. The number of nitrogens with one attached hydrogen (secondary N) is 2. The number of rotatable bonds is 4. The minimum atomic E-state index is 0.227. The number of hydrogen-bond donors (Lipinski definition) is 2. The molecule has 0 aromatic heterocycles. The Kier molecular flexibility index (Phi) is 5.45. The second kappa shape index (κ2) is 7.10. The molecular formula is C14H27N3O. The normalized spacial score (nSPS) is 24.1. The van der Waals surface area contributed by atoms with Crippen molar-refractivity contribution in [1.29, 1.82) is 0 Å². The summed E-state index contributed by atoms with van der Waals surface area (Å²) in [5, 5.41) is 6.51. The Balaban J connectivity index is 1.65. The first-order valence-corrected chi connectivity index (χ1v) is 7.47. The van der Waals surface area contributed by atoms with E-state index in [1.165, 1.54) is 32.1 Å². The van der Waals surface area contributed by atoms with Crippen LogP contribution in [0.4, 0.5) is 0 Å². The summed E-state index contributed by atoms with van der Waals surface area (Å²) in [6.07, 6.45) is 8.56. The number of piperidine rings is 1. The molecule has 0 atom stereocenters.